The summed E-state index contributed by atoms with van der Waals surface area (Å²) in [6.45, 7) is 2.46. The van der Waals surface area contributed by atoms with Crippen LogP contribution in [0.15, 0.2) is 54.6 Å². The van der Waals surface area contributed by atoms with Gasteiger partial charge in [-0.05, 0) is 18.1 Å². The molecule has 3 heteroatoms. The summed E-state index contributed by atoms with van der Waals surface area (Å²) in [6.07, 6.45) is 0.512. The second kappa shape index (κ2) is 6.53. The van der Waals surface area contributed by atoms with Gasteiger partial charge in [0.05, 0.1) is 6.61 Å². The van der Waals surface area contributed by atoms with Crippen LogP contribution in [0.4, 0.5) is 0 Å². The summed E-state index contributed by atoms with van der Waals surface area (Å²) in [5.74, 6) is 0. The predicted molar refractivity (Wildman–Crippen MR) is 75.1 cm³/mol. The van der Waals surface area contributed by atoms with Crippen molar-refractivity contribution in [3.05, 3.63) is 71.3 Å². The Morgan fingerprint density at radius 2 is 1.61 bits per heavy atom. The molecule has 18 heavy (non-hydrogen) atoms. The van der Waals surface area contributed by atoms with Gasteiger partial charge in [0, 0.05) is 6.16 Å². The summed E-state index contributed by atoms with van der Waals surface area (Å²) in [7, 11) is -2.00. The fourth-order valence-electron chi connectivity index (χ4n) is 1.66. The van der Waals surface area contributed by atoms with Crippen LogP contribution in [0.1, 0.15) is 16.7 Å². The van der Waals surface area contributed by atoms with Crippen LogP contribution in [0.2, 0.25) is 0 Å². The first-order chi connectivity index (χ1) is 8.74. The zero-order chi connectivity index (χ0) is 12.8. The first-order valence-electron chi connectivity index (χ1n) is 5.99. The molecule has 0 aliphatic rings. The van der Waals surface area contributed by atoms with Crippen molar-refractivity contribution < 1.29 is 9.09 Å². The van der Waals surface area contributed by atoms with Crippen LogP contribution >= 0.6 is 8.03 Å². The van der Waals surface area contributed by atoms with E-state index in [2.05, 4.69) is 0 Å². The van der Waals surface area contributed by atoms with Crippen LogP contribution in [0, 0.1) is 6.92 Å². The largest absolute Gasteiger partial charge is 0.325 e. The number of aryl methyl sites for hydroxylation is 1. The number of hydrogen-bond acceptors (Lipinski definition) is 2. The van der Waals surface area contributed by atoms with E-state index in [0.717, 1.165) is 11.1 Å². The van der Waals surface area contributed by atoms with Gasteiger partial charge in [-0.3, -0.25) is 4.57 Å². The number of benzene rings is 2. The SMILES string of the molecule is Cc1ccc(C[PH](=O)OCc2ccccc2)cc1. The van der Waals surface area contributed by atoms with Gasteiger partial charge in [0.15, 0.2) is 8.03 Å². The molecule has 0 N–H and O–H groups in total. The normalized spacial score (nSPS) is 12.3. The summed E-state index contributed by atoms with van der Waals surface area (Å²) >= 11 is 0. The van der Waals surface area contributed by atoms with Crippen molar-refractivity contribution in [3.63, 3.8) is 0 Å². The van der Waals surface area contributed by atoms with Crippen LogP contribution in [-0.4, -0.2) is 0 Å². The molecule has 0 aromatic heterocycles. The molecule has 1 unspecified atom stereocenters. The molecule has 2 rings (SSSR count). The zero-order valence-electron chi connectivity index (χ0n) is 10.4. The summed E-state index contributed by atoms with van der Waals surface area (Å²) < 4.78 is 17.2. The summed E-state index contributed by atoms with van der Waals surface area (Å²) in [4.78, 5) is 0. The van der Waals surface area contributed by atoms with E-state index in [1.54, 1.807) is 0 Å². The molecule has 0 heterocycles. The average molecular weight is 260 g/mol. The Bertz CT molecular complexity index is 506. The Balaban J connectivity index is 1.84. The lowest BCUT2D eigenvalue weighted by molar-refractivity contribution is 0.318. The smallest absolute Gasteiger partial charge is 0.196 e. The van der Waals surface area contributed by atoms with Gasteiger partial charge in [-0.25, -0.2) is 0 Å². The summed E-state index contributed by atoms with van der Waals surface area (Å²) in [6, 6.07) is 17.9. The first kappa shape index (κ1) is 13.1. The van der Waals surface area contributed by atoms with E-state index in [9.17, 15) is 4.57 Å². The Morgan fingerprint density at radius 1 is 0.944 bits per heavy atom. The second-order valence-corrected chi connectivity index (χ2v) is 5.69. The molecular formula is C15H17O2P. The van der Waals surface area contributed by atoms with Crippen molar-refractivity contribution in [2.45, 2.75) is 19.7 Å². The van der Waals surface area contributed by atoms with Crippen molar-refractivity contribution in [1.82, 2.24) is 0 Å². The standard InChI is InChI=1S/C15H17O2P/c1-13-7-9-15(10-8-13)12-18(16)17-11-14-5-3-2-4-6-14/h2-10,18H,11-12H2,1H3. The van der Waals surface area contributed by atoms with Crippen molar-refractivity contribution >= 4 is 8.03 Å². The molecule has 0 amide bonds. The number of rotatable bonds is 5. The van der Waals surface area contributed by atoms with Gasteiger partial charge < -0.3 is 4.52 Å². The number of hydrogen-bond donors (Lipinski definition) is 0. The van der Waals surface area contributed by atoms with Crippen LogP contribution in [0.3, 0.4) is 0 Å². The molecular weight excluding hydrogens is 243 g/mol. The average Bonchev–Trinajstić information content (AvgIpc) is 2.40. The molecule has 0 spiro atoms. The minimum atomic E-state index is -2.00. The van der Waals surface area contributed by atoms with E-state index < -0.39 is 8.03 Å². The van der Waals surface area contributed by atoms with Crippen molar-refractivity contribution in [1.29, 1.82) is 0 Å². The third kappa shape index (κ3) is 4.14. The second-order valence-electron chi connectivity index (χ2n) is 4.31. The third-order valence-corrected chi connectivity index (χ3v) is 3.87. The Hall–Kier alpha value is -1.37. The molecule has 0 saturated carbocycles. The highest BCUT2D eigenvalue weighted by Crippen LogP contribution is 2.29. The fourth-order valence-corrected chi connectivity index (χ4v) is 2.66. The minimum Gasteiger partial charge on any atom is -0.325 e. The van der Waals surface area contributed by atoms with E-state index >= 15 is 0 Å². The lowest BCUT2D eigenvalue weighted by atomic mass is 10.2. The third-order valence-electron chi connectivity index (χ3n) is 2.71. The molecule has 2 aromatic rings. The molecule has 2 nitrogen and oxygen atoms in total. The molecule has 94 valence electrons. The van der Waals surface area contributed by atoms with E-state index in [4.69, 9.17) is 4.52 Å². The van der Waals surface area contributed by atoms with Gasteiger partial charge in [-0.2, -0.15) is 0 Å². The molecule has 0 saturated heterocycles. The highest BCUT2D eigenvalue weighted by Gasteiger charge is 2.02. The van der Waals surface area contributed by atoms with Crippen molar-refractivity contribution in [2.75, 3.05) is 0 Å². The van der Waals surface area contributed by atoms with Crippen molar-refractivity contribution in [2.24, 2.45) is 0 Å². The van der Waals surface area contributed by atoms with Gasteiger partial charge in [0.25, 0.3) is 0 Å². The van der Waals surface area contributed by atoms with Gasteiger partial charge in [0.1, 0.15) is 0 Å². The first-order valence-corrected chi connectivity index (χ1v) is 7.51. The molecule has 0 aliphatic carbocycles. The summed E-state index contributed by atoms with van der Waals surface area (Å²) in [5.41, 5.74) is 3.33. The van der Waals surface area contributed by atoms with E-state index in [1.807, 2.05) is 61.5 Å². The van der Waals surface area contributed by atoms with Crippen LogP contribution in [0.25, 0.3) is 0 Å². The molecule has 0 fully saturated rings. The maximum Gasteiger partial charge on any atom is 0.196 e. The van der Waals surface area contributed by atoms with Gasteiger partial charge in [-0.1, -0.05) is 60.2 Å². The maximum absolute atomic E-state index is 11.8. The summed E-state index contributed by atoms with van der Waals surface area (Å²) in [5, 5.41) is 0. The van der Waals surface area contributed by atoms with E-state index in [-0.39, 0.29) is 0 Å². The Morgan fingerprint density at radius 3 is 2.28 bits per heavy atom. The zero-order valence-corrected chi connectivity index (χ0v) is 11.4. The van der Waals surface area contributed by atoms with Gasteiger partial charge in [-0.15, -0.1) is 0 Å². The maximum atomic E-state index is 11.8. The van der Waals surface area contributed by atoms with E-state index in [0.29, 0.717) is 12.8 Å². The van der Waals surface area contributed by atoms with Crippen LogP contribution in [-0.2, 0) is 21.9 Å². The van der Waals surface area contributed by atoms with E-state index in [1.165, 1.54) is 5.56 Å². The molecule has 1 atom stereocenters. The predicted octanol–water partition coefficient (Wildman–Crippen LogP) is 4.19. The van der Waals surface area contributed by atoms with Crippen LogP contribution in [0.5, 0.6) is 0 Å². The van der Waals surface area contributed by atoms with Crippen molar-refractivity contribution in [3.8, 4) is 0 Å². The lowest BCUT2D eigenvalue weighted by Crippen LogP contribution is -1.87. The monoisotopic (exact) mass is 260 g/mol. The Labute approximate surface area is 108 Å². The fraction of sp³-hybridized carbons (Fsp3) is 0.200. The molecule has 2 aromatic carbocycles. The van der Waals surface area contributed by atoms with Crippen LogP contribution < -0.4 is 0 Å². The highest BCUT2D eigenvalue weighted by molar-refractivity contribution is 7.38. The van der Waals surface area contributed by atoms with Gasteiger partial charge >= 0.3 is 0 Å². The quantitative estimate of drug-likeness (QED) is 0.753. The molecule has 0 bridgehead atoms. The molecule has 0 radical (unpaired) electrons. The minimum absolute atomic E-state index is 0.421. The van der Waals surface area contributed by atoms with Gasteiger partial charge in [0.2, 0.25) is 0 Å². The Kier molecular flexibility index (Phi) is 4.74. The highest BCUT2D eigenvalue weighted by atomic mass is 31.1. The molecule has 0 aliphatic heterocycles. The topological polar surface area (TPSA) is 26.3 Å². The lowest BCUT2D eigenvalue weighted by Gasteiger charge is -2.05.